The standard InChI is InChI=1S/C17H15FO2/c1-2-20-17-10-6-4-8-14(17)16(19)12-11-13-7-3-5-9-15(13)18/h3-12H,2H2,1H3/b12-11+. The zero-order valence-electron chi connectivity index (χ0n) is 11.2. The molecule has 0 radical (unpaired) electrons. The van der Waals surface area contributed by atoms with E-state index in [2.05, 4.69) is 0 Å². The summed E-state index contributed by atoms with van der Waals surface area (Å²) in [6, 6.07) is 13.3. The van der Waals surface area contributed by atoms with Crippen molar-refractivity contribution in [1.82, 2.24) is 0 Å². The summed E-state index contributed by atoms with van der Waals surface area (Å²) in [6.45, 7) is 2.35. The van der Waals surface area contributed by atoms with Crippen LogP contribution < -0.4 is 4.74 Å². The second kappa shape index (κ2) is 6.66. The number of allylic oxidation sites excluding steroid dienone is 1. The summed E-state index contributed by atoms with van der Waals surface area (Å²) in [5, 5.41) is 0. The Morgan fingerprint density at radius 3 is 2.60 bits per heavy atom. The van der Waals surface area contributed by atoms with Crippen molar-refractivity contribution in [3.63, 3.8) is 0 Å². The van der Waals surface area contributed by atoms with Crippen LogP contribution in [0.15, 0.2) is 54.6 Å². The minimum absolute atomic E-state index is 0.211. The molecule has 2 nitrogen and oxygen atoms in total. The first-order valence-electron chi connectivity index (χ1n) is 6.41. The molecule has 0 aliphatic carbocycles. The number of carbonyl (C=O) groups is 1. The van der Waals surface area contributed by atoms with Crippen molar-refractivity contribution in [3.8, 4) is 5.75 Å². The quantitative estimate of drug-likeness (QED) is 0.603. The number of hydrogen-bond donors (Lipinski definition) is 0. The number of benzene rings is 2. The van der Waals surface area contributed by atoms with E-state index in [1.165, 1.54) is 18.2 Å². The van der Waals surface area contributed by atoms with Crippen LogP contribution in [0.5, 0.6) is 5.75 Å². The van der Waals surface area contributed by atoms with Gasteiger partial charge in [0, 0.05) is 5.56 Å². The second-order valence-corrected chi connectivity index (χ2v) is 4.15. The molecule has 20 heavy (non-hydrogen) atoms. The van der Waals surface area contributed by atoms with Gasteiger partial charge in [0.25, 0.3) is 0 Å². The molecule has 0 aliphatic rings. The predicted molar refractivity (Wildman–Crippen MR) is 77.4 cm³/mol. The van der Waals surface area contributed by atoms with Gasteiger partial charge in [-0.1, -0.05) is 30.3 Å². The largest absolute Gasteiger partial charge is 0.493 e. The molecule has 0 aromatic heterocycles. The van der Waals surface area contributed by atoms with Gasteiger partial charge in [-0.3, -0.25) is 4.79 Å². The molecule has 0 atom stereocenters. The Hall–Kier alpha value is -2.42. The fourth-order valence-electron chi connectivity index (χ4n) is 1.82. The van der Waals surface area contributed by atoms with Crippen LogP contribution in [0, 0.1) is 5.82 Å². The first-order valence-corrected chi connectivity index (χ1v) is 6.41. The van der Waals surface area contributed by atoms with Gasteiger partial charge in [-0.25, -0.2) is 4.39 Å². The van der Waals surface area contributed by atoms with Gasteiger partial charge >= 0.3 is 0 Å². The number of rotatable bonds is 5. The maximum Gasteiger partial charge on any atom is 0.189 e. The lowest BCUT2D eigenvalue weighted by atomic mass is 10.1. The fourth-order valence-corrected chi connectivity index (χ4v) is 1.82. The molecule has 0 heterocycles. The van der Waals surface area contributed by atoms with E-state index in [1.54, 1.807) is 36.4 Å². The molecule has 0 saturated heterocycles. The average Bonchev–Trinajstić information content (AvgIpc) is 2.47. The third kappa shape index (κ3) is 3.32. The average molecular weight is 270 g/mol. The Labute approximate surface area is 117 Å². The van der Waals surface area contributed by atoms with E-state index >= 15 is 0 Å². The minimum Gasteiger partial charge on any atom is -0.493 e. The monoisotopic (exact) mass is 270 g/mol. The predicted octanol–water partition coefficient (Wildman–Crippen LogP) is 4.12. The summed E-state index contributed by atoms with van der Waals surface area (Å²) in [4.78, 5) is 12.1. The van der Waals surface area contributed by atoms with Gasteiger partial charge in [-0.15, -0.1) is 0 Å². The summed E-state index contributed by atoms with van der Waals surface area (Å²) >= 11 is 0. The van der Waals surface area contributed by atoms with Crippen LogP contribution in [0.1, 0.15) is 22.8 Å². The van der Waals surface area contributed by atoms with Crippen molar-refractivity contribution < 1.29 is 13.9 Å². The maximum absolute atomic E-state index is 13.5. The molecule has 0 N–H and O–H groups in total. The Bertz CT molecular complexity index is 632. The molecule has 0 unspecified atom stereocenters. The van der Waals surface area contributed by atoms with Gasteiger partial charge < -0.3 is 4.74 Å². The van der Waals surface area contributed by atoms with Gasteiger partial charge in [0.2, 0.25) is 0 Å². The van der Waals surface area contributed by atoms with Crippen LogP contribution >= 0.6 is 0 Å². The third-order valence-electron chi connectivity index (χ3n) is 2.77. The number of ketones is 1. The molecule has 0 fully saturated rings. The van der Waals surface area contributed by atoms with E-state index in [9.17, 15) is 9.18 Å². The van der Waals surface area contributed by atoms with Gasteiger partial charge in [-0.05, 0) is 37.3 Å². The molecular weight excluding hydrogens is 255 g/mol. The summed E-state index contributed by atoms with van der Waals surface area (Å²) in [6.07, 6.45) is 2.83. The molecule has 2 aromatic rings. The van der Waals surface area contributed by atoms with Gasteiger partial charge in [0.05, 0.1) is 12.2 Å². The lowest BCUT2D eigenvalue weighted by Crippen LogP contribution is -2.01. The van der Waals surface area contributed by atoms with E-state index < -0.39 is 0 Å². The lowest BCUT2D eigenvalue weighted by Gasteiger charge is -2.06. The zero-order valence-corrected chi connectivity index (χ0v) is 11.2. The number of halogens is 1. The highest BCUT2D eigenvalue weighted by Gasteiger charge is 2.09. The van der Waals surface area contributed by atoms with E-state index in [0.717, 1.165) is 0 Å². The third-order valence-corrected chi connectivity index (χ3v) is 2.77. The zero-order chi connectivity index (χ0) is 14.4. The highest BCUT2D eigenvalue weighted by molar-refractivity contribution is 6.08. The maximum atomic E-state index is 13.5. The van der Waals surface area contributed by atoms with Crippen LogP contribution in [0.25, 0.3) is 6.08 Å². The van der Waals surface area contributed by atoms with Gasteiger partial charge in [-0.2, -0.15) is 0 Å². The Morgan fingerprint density at radius 2 is 1.85 bits per heavy atom. The van der Waals surface area contributed by atoms with Crippen LogP contribution in [0.3, 0.4) is 0 Å². The smallest absolute Gasteiger partial charge is 0.189 e. The summed E-state index contributed by atoms with van der Waals surface area (Å²) in [5.74, 6) is -0.0230. The highest BCUT2D eigenvalue weighted by atomic mass is 19.1. The summed E-state index contributed by atoms with van der Waals surface area (Å²) in [5.41, 5.74) is 0.858. The molecule has 2 aromatic carbocycles. The first-order chi connectivity index (χ1) is 9.72. The molecule has 0 aliphatic heterocycles. The second-order valence-electron chi connectivity index (χ2n) is 4.15. The van der Waals surface area contributed by atoms with Crippen molar-refractivity contribution in [2.24, 2.45) is 0 Å². The fraction of sp³-hybridized carbons (Fsp3) is 0.118. The SMILES string of the molecule is CCOc1ccccc1C(=O)/C=C/c1ccccc1F. The van der Waals surface area contributed by atoms with Gasteiger partial charge in [0.1, 0.15) is 11.6 Å². The Kier molecular flexibility index (Phi) is 4.66. The molecule has 0 amide bonds. The highest BCUT2D eigenvalue weighted by Crippen LogP contribution is 2.19. The van der Waals surface area contributed by atoms with Crippen LogP contribution in [0.4, 0.5) is 4.39 Å². The van der Waals surface area contributed by atoms with Crippen molar-refractivity contribution in [2.75, 3.05) is 6.61 Å². The van der Waals surface area contributed by atoms with E-state index in [0.29, 0.717) is 23.5 Å². The van der Waals surface area contributed by atoms with Crippen molar-refractivity contribution in [3.05, 3.63) is 71.6 Å². The molecule has 102 valence electrons. The minimum atomic E-state index is -0.352. The van der Waals surface area contributed by atoms with Crippen LogP contribution in [-0.2, 0) is 0 Å². The molecular formula is C17H15FO2. The topological polar surface area (TPSA) is 26.3 Å². The number of hydrogen-bond acceptors (Lipinski definition) is 2. The molecule has 3 heteroatoms. The van der Waals surface area contributed by atoms with Crippen molar-refractivity contribution in [1.29, 1.82) is 0 Å². The summed E-state index contributed by atoms with van der Waals surface area (Å²) < 4.78 is 18.9. The van der Waals surface area contributed by atoms with Crippen molar-refractivity contribution in [2.45, 2.75) is 6.92 Å². The molecule has 2 rings (SSSR count). The number of carbonyl (C=O) groups excluding carboxylic acids is 1. The molecule has 0 spiro atoms. The molecule has 0 bridgehead atoms. The summed E-state index contributed by atoms with van der Waals surface area (Å²) in [7, 11) is 0. The van der Waals surface area contributed by atoms with E-state index in [1.807, 2.05) is 13.0 Å². The van der Waals surface area contributed by atoms with E-state index in [4.69, 9.17) is 4.74 Å². The van der Waals surface area contributed by atoms with E-state index in [-0.39, 0.29) is 11.6 Å². The van der Waals surface area contributed by atoms with Crippen LogP contribution in [-0.4, -0.2) is 12.4 Å². The normalized spacial score (nSPS) is 10.7. The Balaban J connectivity index is 2.23. The van der Waals surface area contributed by atoms with Gasteiger partial charge in [0.15, 0.2) is 5.78 Å². The number of para-hydroxylation sites is 1. The van der Waals surface area contributed by atoms with Crippen LogP contribution in [0.2, 0.25) is 0 Å². The Morgan fingerprint density at radius 1 is 1.15 bits per heavy atom. The van der Waals surface area contributed by atoms with Crippen molar-refractivity contribution >= 4 is 11.9 Å². The first kappa shape index (κ1) is 14.0. The number of ether oxygens (including phenoxy) is 1. The molecule has 0 saturated carbocycles. The lowest BCUT2D eigenvalue weighted by molar-refractivity contribution is 0.104.